The molecule has 0 aliphatic carbocycles. The number of piperazine rings is 1. The standard InChI is InChI=1S/C17H25N5O2/c18-17(24)15-12-14(4-5-19-15)21-10-8-20(9-11-21)13-16(23)22-6-2-1-3-7-22/h4-5,12H,1-3,6-11,13H2,(H2,18,24). The second-order valence-electron chi connectivity index (χ2n) is 6.47. The highest BCUT2D eigenvalue weighted by Gasteiger charge is 2.23. The Bertz CT molecular complexity index is 592. The van der Waals surface area contributed by atoms with E-state index in [1.54, 1.807) is 12.3 Å². The zero-order valence-corrected chi connectivity index (χ0v) is 14.0. The number of aromatic nitrogens is 1. The summed E-state index contributed by atoms with van der Waals surface area (Å²) in [7, 11) is 0. The number of amides is 2. The zero-order valence-electron chi connectivity index (χ0n) is 14.0. The first-order valence-electron chi connectivity index (χ1n) is 8.64. The van der Waals surface area contributed by atoms with Gasteiger partial charge in [0.1, 0.15) is 5.69 Å². The Hall–Kier alpha value is -2.15. The van der Waals surface area contributed by atoms with Gasteiger partial charge in [-0.15, -0.1) is 0 Å². The van der Waals surface area contributed by atoms with Crippen LogP contribution in [-0.4, -0.2) is 72.4 Å². The second-order valence-corrected chi connectivity index (χ2v) is 6.47. The Labute approximate surface area is 142 Å². The van der Waals surface area contributed by atoms with Gasteiger partial charge in [-0.2, -0.15) is 0 Å². The molecule has 2 saturated heterocycles. The van der Waals surface area contributed by atoms with Crippen LogP contribution in [0.15, 0.2) is 18.3 Å². The number of nitrogens with two attached hydrogens (primary N) is 1. The van der Waals surface area contributed by atoms with E-state index in [0.29, 0.717) is 6.54 Å². The lowest BCUT2D eigenvalue weighted by atomic mass is 10.1. The fourth-order valence-electron chi connectivity index (χ4n) is 3.35. The molecule has 2 N–H and O–H groups in total. The second kappa shape index (κ2) is 7.61. The number of rotatable bonds is 4. The molecule has 0 saturated carbocycles. The van der Waals surface area contributed by atoms with Crippen molar-refractivity contribution in [1.82, 2.24) is 14.8 Å². The highest BCUT2D eigenvalue weighted by Crippen LogP contribution is 2.17. The van der Waals surface area contributed by atoms with Crippen LogP contribution in [0.3, 0.4) is 0 Å². The SMILES string of the molecule is NC(=O)c1cc(N2CCN(CC(=O)N3CCCCC3)CC2)ccn1. The van der Waals surface area contributed by atoms with Gasteiger partial charge < -0.3 is 15.5 Å². The molecule has 7 heteroatoms. The van der Waals surface area contributed by atoms with Crippen molar-refractivity contribution < 1.29 is 9.59 Å². The molecule has 2 amide bonds. The lowest BCUT2D eigenvalue weighted by Crippen LogP contribution is -2.50. The quantitative estimate of drug-likeness (QED) is 0.859. The number of pyridine rings is 1. The third-order valence-corrected chi connectivity index (χ3v) is 4.80. The molecule has 7 nitrogen and oxygen atoms in total. The van der Waals surface area contributed by atoms with Gasteiger partial charge in [-0.05, 0) is 31.4 Å². The minimum absolute atomic E-state index is 0.253. The van der Waals surface area contributed by atoms with Gasteiger partial charge in [0.05, 0.1) is 6.54 Å². The van der Waals surface area contributed by atoms with E-state index in [0.717, 1.165) is 57.8 Å². The largest absolute Gasteiger partial charge is 0.369 e. The summed E-state index contributed by atoms with van der Waals surface area (Å²) in [6, 6.07) is 3.62. The highest BCUT2D eigenvalue weighted by molar-refractivity contribution is 5.91. The first kappa shape index (κ1) is 16.7. The van der Waals surface area contributed by atoms with E-state index in [1.807, 2.05) is 11.0 Å². The van der Waals surface area contributed by atoms with E-state index < -0.39 is 5.91 Å². The van der Waals surface area contributed by atoms with Crippen molar-refractivity contribution in [2.45, 2.75) is 19.3 Å². The van der Waals surface area contributed by atoms with Gasteiger partial charge in [0, 0.05) is 51.2 Å². The van der Waals surface area contributed by atoms with Crippen LogP contribution in [0.1, 0.15) is 29.8 Å². The van der Waals surface area contributed by atoms with Crippen molar-refractivity contribution in [2.75, 3.05) is 50.7 Å². The number of hydrogen-bond acceptors (Lipinski definition) is 5. The zero-order chi connectivity index (χ0) is 16.9. The van der Waals surface area contributed by atoms with Crippen LogP contribution in [-0.2, 0) is 4.79 Å². The van der Waals surface area contributed by atoms with Crippen LogP contribution in [0, 0.1) is 0 Å². The van der Waals surface area contributed by atoms with E-state index >= 15 is 0 Å². The maximum atomic E-state index is 12.3. The summed E-state index contributed by atoms with van der Waals surface area (Å²) in [4.78, 5) is 34.0. The lowest BCUT2D eigenvalue weighted by Gasteiger charge is -2.37. The van der Waals surface area contributed by atoms with E-state index in [2.05, 4.69) is 14.8 Å². The molecular weight excluding hydrogens is 306 g/mol. The fourth-order valence-corrected chi connectivity index (χ4v) is 3.35. The molecule has 1 aromatic heterocycles. The van der Waals surface area contributed by atoms with Crippen LogP contribution in [0.4, 0.5) is 5.69 Å². The van der Waals surface area contributed by atoms with Crippen molar-refractivity contribution in [3.63, 3.8) is 0 Å². The summed E-state index contributed by atoms with van der Waals surface area (Å²) in [6.07, 6.45) is 5.11. The molecule has 24 heavy (non-hydrogen) atoms. The molecule has 0 atom stereocenters. The topological polar surface area (TPSA) is 82.8 Å². The minimum Gasteiger partial charge on any atom is -0.369 e. The summed E-state index contributed by atoms with van der Waals surface area (Å²) in [5, 5.41) is 0. The van der Waals surface area contributed by atoms with Gasteiger partial charge in [0.25, 0.3) is 5.91 Å². The minimum atomic E-state index is -0.511. The third kappa shape index (κ3) is 4.03. The number of nitrogens with zero attached hydrogens (tertiary/aromatic N) is 4. The first-order chi connectivity index (χ1) is 11.6. The molecule has 2 fully saturated rings. The number of primary amides is 1. The number of likely N-dealkylation sites (tertiary alicyclic amines) is 1. The maximum Gasteiger partial charge on any atom is 0.267 e. The Kier molecular flexibility index (Phi) is 5.30. The first-order valence-corrected chi connectivity index (χ1v) is 8.64. The molecule has 3 heterocycles. The van der Waals surface area contributed by atoms with E-state index in [9.17, 15) is 9.59 Å². The molecule has 2 aliphatic heterocycles. The summed E-state index contributed by atoms with van der Waals surface area (Å²) >= 11 is 0. The molecule has 1 aromatic rings. The van der Waals surface area contributed by atoms with Crippen molar-refractivity contribution >= 4 is 17.5 Å². The molecule has 130 valence electrons. The molecule has 3 rings (SSSR count). The van der Waals surface area contributed by atoms with E-state index in [1.165, 1.54) is 6.42 Å². The van der Waals surface area contributed by atoms with Gasteiger partial charge >= 0.3 is 0 Å². The highest BCUT2D eigenvalue weighted by atomic mass is 16.2. The molecule has 0 aromatic carbocycles. The summed E-state index contributed by atoms with van der Waals surface area (Å²) in [5.41, 5.74) is 6.54. The Morgan fingerprint density at radius 3 is 2.42 bits per heavy atom. The van der Waals surface area contributed by atoms with Gasteiger partial charge in [-0.1, -0.05) is 0 Å². The Morgan fingerprint density at radius 1 is 1.04 bits per heavy atom. The van der Waals surface area contributed by atoms with Gasteiger partial charge in [0.15, 0.2) is 0 Å². The van der Waals surface area contributed by atoms with Crippen LogP contribution in [0.5, 0.6) is 0 Å². The molecule has 0 bridgehead atoms. The lowest BCUT2D eigenvalue weighted by molar-refractivity contribution is -0.133. The number of piperidine rings is 1. The molecular formula is C17H25N5O2. The van der Waals surface area contributed by atoms with Gasteiger partial charge in [-0.25, -0.2) is 0 Å². The average molecular weight is 331 g/mol. The van der Waals surface area contributed by atoms with Crippen molar-refractivity contribution in [3.8, 4) is 0 Å². The van der Waals surface area contributed by atoms with Gasteiger partial charge in [0.2, 0.25) is 5.91 Å². The summed E-state index contributed by atoms with van der Waals surface area (Å²) in [6.45, 7) is 5.67. The summed E-state index contributed by atoms with van der Waals surface area (Å²) in [5.74, 6) is -0.259. The van der Waals surface area contributed by atoms with Crippen LogP contribution in [0.2, 0.25) is 0 Å². The normalized spacial score (nSPS) is 19.3. The number of carbonyl (C=O) groups excluding carboxylic acids is 2. The number of hydrogen-bond donors (Lipinski definition) is 1. The molecule has 0 radical (unpaired) electrons. The molecule has 0 unspecified atom stereocenters. The maximum absolute atomic E-state index is 12.3. The molecule has 2 aliphatic rings. The van der Waals surface area contributed by atoms with Crippen molar-refractivity contribution in [3.05, 3.63) is 24.0 Å². The average Bonchev–Trinajstić information content (AvgIpc) is 2.63. The van der Waals surface area contributed by atoms with E-state index in [-0.39, 0.29) is 11.6 Å². The Morgan fingerprint density at radius 2 is 1.75 bits per heavy atom. The summed E-state index contributed by atoms with van der Waals surface area (Å²) < 4.78 is 0. The van der Waals surface area contributed by atoms with Gasteiger partial charge in [-0.3, -0.25) is 19.5 Å². The monoisotopic (exact) mass is 331 g/mol. The predicted molar refractivity (Wildman–Crippen MR) is 91.8 cm³/mol. The fraction of sp³-hybridized carbons (Fsp3) is 0.588. The third-order valence-electron chi connectivity index (χ3n) is 4.80. The van der Waals surface area contributed by atoms with Crippen LogP contribution < -0.4 is 10.6 Å². The van der Waals surface area contributed by atoms with Crippen LogP contribution in [0.25, 0.3) is 0 Å². The van der Waals surface area contributed by atoms with Crippen LogP contribution >= 0.6 is 0 Å². The van der Waals surface area contributed by atoms with Crippen molar-refractivity contribution in [1.29, 1.82) is 0 Å². The molecule has 0 spiro atoms. The van der Waals surface area contributed by atoms with E-state index in [4.69, 9.17) is 5.73 Å². The van der Waals surface area contributed by atoms with Crippen molar-refractivity contribution in [2.24, 2.45) is 5.73 Å². The number of anilines is 1. The predicted octanol–water partition coefficient (Wildman–Crippen LogP) is 0.315. The Balaban J connectivity index is 1.51. The number of carbonyl (C=O) groups is 2. The smallest absolute Gasteiger partial charge is 0.267 e.